The number of benzene rings is 8. The van der Waals surface area contributed by atoms with Crippen LogP contribution in [-0.2, 0) is 41.0 Å². The molecule has 0 aliphatic rings. The van der Waals surface area contributed by atoms with E-state index >= 15 is 0 Å². The van der Waals surface area contributed by atoms with Crippen molar-refractivity contribution < 1.29 is 21.0 Å². The first-order chi connectivity index (χ1) is 58.6. The molecule has 8 heterocycles. The first kappa shape index (κ1) is 89.0. The zero-order valence-corrected chi connectivity index (χ0v) is 77.1. The molecule has 8 aromatic carbocycles. The van der Waals surface area contributed by atoms with E-state index in [0.29, 0.717) is 53.2 Å². The molecule has 0 amide bonds. The summed E-state index contributed by atoms with van der Waals surface area (Å²) in [5, 5.41) is 0. The van der Waals surface area contributed by atoms with E-state index < -0.39 is 6.37 Å². The van der Waals surface area contributed by atoms with E-state index in [1.54, 1.807) is 6.92 Å². The lowest BCUT2D eigenvalue weighted by atomic mass is 9.92. The van der Waals surface area contributed by atoms with Crippen molar-refractivity contribution in [3.8, 4) is 67.8 Å². The Balaban J connectivity index is 0.000000161. The Kier molecular flexibility index (Phi) is 28.0. The zero-order valence-electron chi connectivity index (χ0n) is 79.1. The Labute approximate surface area is 738 Å². The Morgan fingerprint density at radius 2 is 0.602 bits per heavy atom. The molecule has 0 saturated heterocycles. The minimum atomic E-state index is -1.60. The van der Waals surface area contributed by atoms with Gasteiger partial charge in [-0.25, -0.2) is 18.7 Å². The quantitative estimate of drug-likeness (QED) is 0.0801. The van der Waals surface area contributed by atoms with Crippen molar-refractivity contribution >= 4 is 44.5 Å². The van der Waals surface area contributed by atoms with Gasteiger partial charge in [0.15, 0.2) is 6.20 Å². The van der Waals surface area contributed by atoms with E-state index in [2.05, 4.69) is 422 Å². The third kappa shape index (κ3) is 18.0. The molecular weight excluding hydrogens is 1500 g/mol. The fourth-order valence-electron chi connectivity index (χ4n) is 17.8. The van der Waals surface area contributed by atoms with E-state index in [9.17, 15) is 0 Å². The highest BCUT2D eigenvalue weighted by Gasteiger charge is 2.32. The van der Waals surface area contributed by atoms with Gasteiger partial charge in [-0.1, -0.05) is 303 Å². The summed E-state index contributed by atoms with van der Waals surface area (Å²) >= 11 is 0. The lowest BCUT2D eigenvalue weighted by molar-refractivity contribution is -0.659. The van der Waals surface area contributed by atoms with E-state index in [-0.39, 0.29) is 14.9 Å². The van der Waals surface area contributed by atoms with Crippen LogP contribution in [0.1, 0.15) is 274 Å². The number of imidazole rings is 4. The van der Waals surface area contributed by atoms with Crippen molar-refractivity contribution in [2.75, 3.05) is 0 Å². The summed E-state index contributed by atoms with van der Waals surface area (Å²) in [6.45, 7) is 50.6. The topological polar surface area (TPSA) is 86.8 Å². The molecule has 638 valence electrons. The Morgan fingerprint density at radius 3 is 0.919 bits per heavy atom. The second-order valence-corrected chi connectivity index (χ2v) is 35.5. The summed E-state index contributed by atoms with van der Waals surface area (Å²) in [4.78, 5) is 19.9. The van der Waals surface area contributed by atoms with Crippen LogP contribution in [0.4, 0.5) is 0 Å². The fraction of sp³-hybridized carbons (Fsp3) is 0.351. The van der Waals surface area contributed by atoms with Gasteiger partial charge in [0.05, 0.1) is 43.9 Å². The molecule has 16 rings (SSSR count). The molecule has 12 nitrogen and oxygen atoms in total. The third-order valence-electron chi connectivity index (χ3n) is 24.5. The molecule has 123 heavy (non-hydrogen) atoms. The summed E-state index contributed by atoms with van der Waals surface area (Å²) in [7, 11) is 8.40. The lowest BCUT2D eigenvalue weighted by Crippen LogP contribution is -2.32. The van der Waals surface area contributed by atoms with Gasteiger partial charge in [0.25, 0.3) is 0 Å². The average molecular weight is 1640 g/mol. The summed E-state index contributed by atoms with van der Waals surface area (Å²) in [5.41, 5.74) is 38.4. The molecule has 8 aromatic heterocycles. The second kappa shape index (κ2) is 38.8. The number of para-hydroxylation sites is 4. The largest absolute Gasteiger partial charge is 0.349 e. The monoisotopic (exact) mass is 1640 g/mol. The van der Waals surface area contributed by atoms with Crippen LogP contribution in [0.25, 0.3) is 112 Å². The molecule has 16 aromatic rings. The van der Waals surface area contributed by atoms with Crippen LogP contribution in [0.15, 0.2) is 225 Å². The fourth-order valence-corrected chi connectivity index (χ4v) is 17.8. The lowest BCUT2D eigenvalue weighted by Gasteiger charge is -2.21. The van der Waals surface area contributed by atoms with Crippen LogP contribution in [0.5, 0.6) is 0 Å². The van der Waals surface area contributed by atoms with Crippen molar-refractivity contribution in [2.45, 2.75) is 234 Å². The smallest absolute Gasteiger partial charge is 0.293 e. The van der Waals surface area contributed by atoms with Crippen molar-refractivity contribution in [3.63, 3.8) is 0 Å². The molecule has 0 saturated carbocycles. The third-order valence-corrected chi connectivity index (χ3v) is 24.5. The highest BCUT2D eigenvalue weighted by molar-refractivity contribution is 5.82. The van der Waals surface area contributed by atoms with Gasteiger partial charge in [0.2, 0.25) is 23.2 Å². The van der Waals surface area contributed by atoms with Gasteiger partial charge in [-0.3, -0.25) is 18.3 Å². The number of aromatic nitrogens is 12. The molecule has 0 aliphatic heterocycles. The average Bonchev–Trinajstić information content (AvgIpc) is 1.61. The SMILES string of the molecule is C.C.CCc1nc2c(ccc(-c3ccccc3C)[n+]2C)n1-c1c(C(C)C)cccc1C(C)C.Cc1ccccc1-c1cc2ncn(-c3c(C(C)C)cccc3C(C)C)c2c[n+]1C.Cc1ccccc1-c1ccc2c(nc(C)n2-c2c(C(C)C)cccc2C(C)C)[n+]1C.[2H]C([2H])(C)c1nc2c(ccc(-c3ccccc3C)[n+]2C)n1-c1c(C(C)C)cccc1C(C)C. The van der Waals surface area contributed by atoms with Crippen LogP contribution in [-0.4, -0.2) is 38.2 Å². The van der Waals surface area contributed by atoms with Crippen molar-refractivity contribution in [2.24, 2.45) is 28.2 Å². The first-order valence-electron chi connectivity index (χ1n) is 44.9. The first-order valence-corrected chi connectivity index (χ1v) is 43.9. The highest BCUT2D eigenvalue weighted by Crippen LogP contribution is 2.41. The molecule has 0 N–H and O–H groups in total. The molecule has 0 spiro atoms. The van der Waals surface area contributed by atoms with Gasteiger partial charge in [-0.05, 0) is 199 Å². The van der Waals surface area contributed by atoms with Crippen molar-refractivity contribution in [3.05, 3.63) is 309 Å². The number of hydrogen-bond acceptors (Lipinski definition) is 4. The molecule has 12 heteroatoms. The minimum absolute atomic E-state index is 0. The van der Waals surface area contributed by atoms with Crippen molar-refractivity contribution in [1.82, 2.24) is 38.2 Å². The van der Waals surface area contributed by atoms with Gasteiger partial charge < -0.3 is 0 Å². The predicted molar refractivity (Wildman–Crippen MR) is 519 cm³/mol. The molecule has 0 fully saturated rings. The Morgan fingerprint density at radius 1 is 0.317 bits per heavy atom. The van der Waals surface area contributed by atoms with E-state index in [4.69, 9.17) is 22.7 Å². The Hall–Kier alpha value is -11.8. The number of hydrogen-bond donors (Lipinski definition) is 0. The maximum Gasteiger partial charge on any atom is 0.349 e. The standard InChI is InChI=1S/2C28H34N3.C27H32N3.C26H30N3.2CH4/c2*1-8-26-29-28-25(17-16-24(30(28)7)23-13-10-9-12-20(23)6)31(26)27-21(18(2)3)14-11-15-22(27)19(4)5;1-17(2)21-13-10-14-22(18(3)4)26(21)30-20(6)28-27-25(30)16-15-24(29(27)7)23-12-9-8-11-19(23)5;1-17(2)20-12-9-13-21(18(3)4)26(20)29-16-27-23-14-24(28(6)15-25(23)29)22-11-8-7-10-19(22)5;;/h2*9-19H,8H2,1-7H3;8-18H,1-7H3;7-18H,1-6H3;2*1H4/q4*+1;;/i8D2;;;;;. The number of rotatable bonds is 18. The minimum Gasteiger partial charge on any atom is -0.293 e. The maximum atomic E-state index is 8.65. The van der Waals surface area contributed by atoms with Gasteiger partial charge in [0.1, 0.15) is 58.0 Å². The van der Waals surface area contributed by atoms with Crippen LogP contribution >= 0.6 is 0 Å². The summed E-state index contributed by atoms with van der Waals surface area (Å²) < 4.78 is 35.2. The summed E-state index contributed by atoms with van der Waals surface area (Å²) in [6, 6.07) is 76.0. The van der Waals surface area contributed by atoms with Crippen LogP contribution in [0.2, 0.25) is 0 Å². The maximum absolute atomic E-state index is 8.65. The van der Waals surface area contributed by atoms with Gasteiger partial charge in [-0.2, -0.15) is 4.57 Å². The number of pyridine rings is 4. The molecule has 0 bridgehead atoms. The van der Waals surface area contributed by atoms with Crippen LogP contribution in [0.3, 0.4) is 0 Å². The summed E-state index contributed by atoms with van der Waals surface area (Å²) in [6.07, 6.45) is 3.48. The van der Waals surface area contributed by atoms with E-state index in [1.807, 2.05) is 19.4 Å². The Bertz CT molecular complexity index is 6460. The van der Waals surface area contributed by atoms with Gasteiger partial charge >= 0.3 is 16.9 Å². The molecule has 0 aliphatic carbocycles. The summed E-state index contributed by atoms with van der Waals surface area (Å²) in [5.74, 6) is 5.82. The number of fused-ring (bicyclic) bond motifs is 4. The zero-order chi connectivity index (χ0) is 88.6. The normalized spacial score (nSPS) is 11.9. The van der Waals surface area contributed by atoms with E-state index in [0.717, 1.165) is 74.0 Å². The molecule has 0 atom stereocenters. The predicted octanol–water partition coefficient (Wildman–Crippen LogP) is 27.0. The molecule has 0 radical (unpaired) electrons. The van der Waals surface area contributed by atoms with Gasteiger partial charge in [0, 0.05) is 50.8 Å². The van der Waals surface area contributed by atoms with Gasteiger partial charge in [-0.15, -0.1) is 0 Å². The van der Waals surface area contributed by atoms with Crippen LogP contribution in [0, 0.1) is 34.6 Å². The highest BCUT2D eigenvalue weighted by atomic mass is 15.2. The molecule has 0 unspecified atom stereocenters. The van der Waals surface area contributed by atoms with E-state index in [1.165, 1.54) is 123 Å². The number of aryl methyl sites for hydroxylation is 11. The van der Waals surface area contributed by atoms with Crippen LogP contribution < -0.4 is 18.3 Å². The molecular formula is C111H138N12+4. The number of nitrogens with zero attached hydrogens (tertiary/aromatic N) is 12. The van der Waals surface area contributed by atoms with Crippen molar-refractivity contribution in [1.29, 1.82) is 0 Å². The second-order valence-electron chi connectivity index (χ2n) is 35.5.